The SMILES string of the molecule is COC1CC2[NH2+]C(N(C)CCCNC(=O)[C@H]3CCCO3)NC(N)C2CC1OC. The van der Waals surface area contributed by atoms with Gasteiger partial charge in [-0.25, -0.2) is 10.2 Å². The van der Waals surface area contributed by atoms with Crippen molar-refractivity contribution in [1.29, 1.82) is 0 Å². The van der Waals surface area contributed by atoms with Crippen LogP contribution in [0.5, 0.6) is 0 Å². The van der Waals surface area contributed by atoms with E-state index in [2.05, 4.69) is 27.9 Å². The number of nitrogens with one attached hydrogen (secondary N) is 2. The van der Waals surface area contributed by atoms with E-state index >= 15 is 0 Å². The largest absolute Gasteiger partial charge is 0.379 e. The average Bonchev–Trinajstić information content (AvgIpc) is 3.24. The number of carbonyl (C=O) groups is 1. The fourth-order valence-corrected chi connectivity index (χ4v) is 4.78. The van der Waals surface area contributed by atoms with E-state index < -0.39 is 0 Å². The van der Waals surface area contributed by atoms with Crippen molar-refractivity contribution in [2.45, 2.75) is 68.9 Å². The highest BCUT2D eigenvalue weighted by molar-refractivity contribution is 5.80. The molecule has 7 atom stereocenters. The van der Waals surface area contributed by atoms with Crippen molar-refractivity contribution in [3.8, 4) is 0 Å². The first-order valence-electron chi connectivity index (χ1n) is 10.5. The second-order valence-corrected chi connectivity index (χ2v) is 8.30. The highest BCUT2D eigenvalue weighted by Gasteiger charge is 2.47. The number of methoxy groups -OCH3 is 2. The fourth-order valence-electron chi connectivity index (χ4n) is 4.78. The molecule has 9 nitrogen and oxygen atoms in total. The molecule has 0 aromatic rings. The number of amides is 1. The van der Waals surface area contributed by atoms with E-state index in [-0.39, 0.29) is 36.7 Å². The summed E-state index contributed by atoms with van der Waals surface area (Å²) in [6.45, 7) is 2.23. The molecular formula is C19H38N5O4+. The zero-order chi connectivity index (χ0) is 20.1. The molecule has 6 N–H and O–H groups in total. The maximum absolute atomic E-state index is 12.0. The third-order valence-electron chi connectivity index (χ3n) is 6.52. The van der Waals surface area contributed by atoms with Gasteiger partial charge in [0.15, 0.2) is 0 Å². The Kier molecular flexibility index (Phi) is 8.04. The topological polar surface area (TPSA) is 115 Å². The van der Waals surface area contributed by atoms with Crippen LogP contribution < -0.4 is 21.7 Å². The molecule has 3 fully saturated rings. The van der Waals surface area contributed by atoms with E-state index in [0.29, 0.717) is 25.1 Å². The minimum absolute atomic E-state index is 0.0212. The van der Waals surface area contributed by atoms with Gasteiger partial charge in [-0.1, -0.05) is 0 Å². The number of nitrogens with zero attached hydrogens (tertiary/aromatic N) is 1. The van der Waals surface area contributed by atoms with Gasteiger partial charge in [-0.05, 0) is 32.7 Å². The summed E-state index contributed by atoms with van der Waals surface area (Å²) in [5, 5.41) is 8.89. The molecule has 1 saturated carbocycles. The van der Waals surface area contributed by atoms with Crippen LogP contribution in [0.2, 0.25) is 0 Å². The molecule has 2 aliphatic heterocycles. The van der Waals surface area contributed by atoms with Crippen LogP contribution in [0, 0.1) is 5.92 Å². The number of ether oxygens (including phenoxy) is 3. The van der Waals surface area contributed by atoms with Gasteiger partial charge in [-0.15, -0.1) is 0 Å². The second kappa shape index (κ2) is 10.3. The molecule has 1 amide bonds. The first-order valence-corrected chi connectivity index (χ1v) is 10.5. The first-order chi connectivity index (χ1) is 13.5. The number of carbonyl (C=O) groups excluding carboxylic acids is 1. The highest BCUT2D eigenvalue weighted by Crippen LogP contribution is 2.29. The van der Waals surface area contributed by atoms with Crippen LogP contribution in [-0.4, -0.2) is 88.6 Å². The lowest BCUT2D eigenvalue weighted by Gasteiger charge is -2.47. The van der Waals surface area contributed by atoms with Crippen molar-refractivity contribution in [2.75, 3.05) is 41.0 Å². The third kappa shape index (κ3) is 5.21. The number of quaternary nitrogens is 1. The summed E-state index contributed by atoms with van der Waals surface area (Å²) in [5.41, 5.74) is 6.46. The van der Waals surface area contributed by atoms with Crippen molar-refractivity contribution in [1.82, 2.24) is 15.5 Å². The summed E-state index contributed by atoms with van der Waals surface area (Å²) >= 11 is 0. The summed E-state index contributed by atoms with van der Waals surface area (Å²) in [5.74, 6) is 0.389. The van der Waals surface area contributed by atoms with E-state index in [4.69, 9.17) is 19.9 Å². The van der Waals surface area contributed by atoms with E-state index in [1.807, 2.05) is 0 Å². The molecule has 6 unspecified atom stereocenters. The van der Waals surface area contributed by atoms with Crippen LogP contribution in [0.15, 0.2) is 0 Å². The van der Waals surface area contributed by atoms with Crippen LogP contribution in [0.25, 0.3) is 0 Å². The lowest BCUT2D eigenvalue weighted by atomic mass is 9.78. The Labute approximate surface area is 168 Å². The van der Waals surface area contributed by atoms with Gasteiger partial charge >= 0.3 is 0 Å². The van der Waals surface area contributed by atoms with Crippen LogP contribution in [0.3, 0.4) is 0 Å². The minimum atomic E-state index is -0.253. The predicted molar refractivity (Wildman–Crippen MR) is 104 cm³/mol. The Balaban J connectivity index is 1.42. The molecule has 28 heavy (non-hydrogen) atoms. The number of rotatable bonds is 8. The van der Waals surface area contributed by atoms with Gasteiger partial charge in [0, 0.05) is 46.3 Å². The standard InChI is InChI=1S/C19H37N5O4/c1-24(8-5-7-21-18(25)14-6-4-9-28-14)19-22-13-11-16(27-3)15(26-2)10-12(13)17(20)23-19/h12-17,19,22-23H,4-11,20H2,1-3H3,(H,21,25)/p+1/t12?,13?,14-,15?,16?,17?,19?/m1/s1. The summed E-state index contributed by atoms with van der Waals surface area (Å²) < 4.78 is 16.7. The lowest BCUT2D eigenvalue weighted by Crippen LogP contribution is -3.06. The molecule has 0 bridgehead atoms. The van der Waals surface area contributed by atoms with Gasteiger partial charge in [-0.3, -0.25) is 4.79 Å². The zero-order valence-corrected chi connectivity index (χ0v) is 17.4. The summed E-state index contributed by atoms with van der Waals surface area (Å²) in [6.07, 6.45) is 4.59. The number of nitrogens with two attached hydrogens (primary N) is 2. The lowest BCUT2D eigenvalue weighted by molar-refractivity contribution is -0.763. The van der Waals surface area contributed by atoms with Gasteiger partial charge in [0.2, 0.25) is 12.2 Å². The Morgan fingerprint density at radius 3 is 2.75 bits per heavy atom. The van der Waals surface area contributed by atoms with Gasteiger partial charge in [-0.2, -0.15) is 0 Å². The zero-order valence-electron chi connectivity index (χ0n) is 17.4. The number of hydrogen-bond acceptors (Lipinski definition) is 7. The maximum atomic E-state index is 12.0. The minimum Gasteiger partial charge on any atom is -0.379 e. The molecule has 2 saturated heterocycles. The highest BCUT2D eigenvalue weighted by atomic mass is 16.5. The Morgan fingerprint density at radius 2 is 2.07 bits per heavy atom. The molecule has 0 aromatic carbocycles. The van der Waals surface area contributed by atoms with Crippen LogP contribution in [-0.2, 0) is 19.0 Å². The predicted octanol–water partition coefficient (Wildman–Crippen LogP) is -1.85. The van der Waals surface area contributed by atoms with Crippen LogP contribution in [0.4, 0.5) is 0 Å². The van der Waals surface area contributed by atoms with E-state index in [0.717, 1.165) is 38.6 Å². The van der Waals surface area contributed by atoms with E-state index in [9.17, 15) is 4.79 Å². The van der Waals surface area contributed by atoms with Gasteiger partial charge in [0.25, 0.3) is 0 Å². The van der Waals surface area contributed by atoms with Crippen LogP contribution in [0.1, 0.15) is 32.1 Å². The van der Waals surface area contributed by atoms with Gasteiger partial charge in [0.05, 0.1) is 24.4 Å². The Morgan fingerprint density at radius 1 is 1.32 bits per heavy atom. The first kappa shape index (κ1) is 21.9. The quantitative estimate of drug-likeness (QED) is 0.354. The molecule has 1 aliphatic carbocycles. The summed E-state index contributed by atoms with van der Waals surface area (Å²) in [7, 11) is 5.60. The normalized spacial score (nSPS) is 38.4. The van der Waals surface area contributed by atoms with Crippen molar-refractivity contribution < 1.29 is 24.3 Å². The molecular weight excluding hydrogens is 362 g/mol. The van der Waals surface area contributed by atoms with Gasteiger partial charge < -0.3 is 30.6 Å². The van der Waals surface area contributed by atoms with Crippen LogP contribution >= 0.6 is 0 Å². The third-order valence-corrected chi connectivity index (χ3v) is 6.52. The molecule has 3 aliphatic rings. The molecule has 0 spiro atoms. The molecule has 162 valence electrons. The van der Waals surface area contributed by atoms with Crippen molar-refractivity contribution >= 4 is 5.91 Å². The van der Waals surface area contributed by atoms with Crippen molar-refractivity contribution in [3.05, 3.63) is 0 Å². The molecule has 0 aromatic heterocycles. The number of fused-ring (bicyclic) bond motifs is 1. The molecule has 2 heterocycles. The molecule has 9 heteroatoms. The molecule has 0 radical (unpaired) electrons. The van der Waals surface area contributed by atoms with E-state index in [1.54, 1.807) is 14.2 Å². The monoisotopic (exact) mass is 400 g/mol. The molecule has 3 rings (SSSR count). The fraction of sp³-hybridized carbons (Fsp3) is 0.947. The second-order valence-electron chi connectivity index (χ2n) is 8.30. The van der Waals surface area contributed by atoms with Crippen molar-refractivity contribution in [2.24, 2.45) is 11.7 Å². The smallest absolute Gasteiger partial charge is 0.249 e. The Bertz CT molecular complexity index is 505. The number of hydrogen-bond donors (Lipinski definition) is 4. The van der Waals surface area contributed by atoms with Gasteiger partial charge in [0.1, 0.15) is 6.10 Å². The Hall–Kier alpha value is -0.810. The summed E-state index contributed by atoms with van der Waals surface area (Å²) in [4.78, 5) is 14.3. The average molecular weight is 401 g/mol. The maximum Gasteiger partial charge on any atom is 0.249 e. The summed E-state index contributed by atoms with van der Waals surface area (Å²) in [6, 6.07) is 0.416. The van der Waals surface area contributed by atoms with Crippen molar-refractivity contribution in [3.63, 3.8) is 0 Å². The van der Waals surface area contributed by atoms with E-state index in [1.165, 1.54) is 0 Å².